The summed E-state index contributed by atoms with van der Waals surface area (Å²) in [5.41, 5.74) is 7.63. The van der Waals surface area contributed by atoms with Gasteiger partial charge in [0.15, 0.2) is 5.43 Å². The van der Waals surface area contributed by atoms with Crippen molar-refractivity contribution >= 4 is 11.0 Å². The average Bonchev–Trinajstić information content (AvgIpc) is 2.79. The van der Waals surface area contributed by atoms with Crippen molar-refractivity contribution in [3.05, 3.63) is 74.4 Å². The molecular weight excluding hydrogens is 384 g/mol. The Balaban J connectivity index is 0.000000807. The van der Waals surface area contributed by atoms with E-state index in [9.17, 15) is 9.90 Å². The number of fused-ring (bicyclic) bond motifs is 2. The molecule has 0 amide bonds. The van der Waals surface area contributed by atoms with E-state index in [0.717, 1.165) is 33.2 Å². The lowest BCUT2D eigenvalue weighted by Gasteiger charge is -2.20. The predicted molar refractivity (Wildman–Crippen MR) is 133 cm³/mol. The second kappa shape index (κ2) is 9.82. The smallest absolute Gasteiger partial charge is 0.188 e. The number of hydrogen-bond donors (Lipinski definition) is 1. The van der Waals surface area contributed by atoms with Gasteiger partial charge in [-0.3, -0.25) is 4.79 Å². The van der Waals surface area contributed by atoms with Gasteiger partial charge in [0.1, 0.15) is 17.1 Å². The molecule has 0 atom stereocenters. The zero-order valence-electron chi connectivity index (χ0n) is 20.2. The summed E-state index contributed by atoms with van der Waals surface area (Å²) in [6.45, 7) is 17.5. The Bertz CT molecular complexity index is 1250. The first-order chi connectivity index (χ1) is 14.8. The molecule has 0 spiro atoms. The third-order valence-corrected chi connectivity index (χ3v) is 5.48. The molecule has 0 radical (unpaired) electrons. The van der Waals surface area contributed by atoms with E-state index in [4.69, 9.17) is 4.42 Å². The van der Waals surface area contributed by atoms with Gasteiger partial charge in [0, 0.05) is 27.6 Å². The standard InChI is InChI=1S/C24H22O3.2C2H6/c1-12-8-6-7-9-17(12)20-18-10-13(2)21(25)15(4)23(18)27-24-16(5)22(26)14(3)11-19(20)24;2*1-2/h6-11,25H,1-5H3;2*1-2H3. The highest BCUT2D eigenvalue weighted by Crippen LogP contribution is 2.45. The molecule has 3 heteroatoms. The number of phenols is 1. The van der Waals surface area contributed by atoms with Crippen molar-refractivity contribution in [3.63, 3.8) is 0 Å². The van der Waals surface area contributed by atoms with Gasteiger partial charge < -0.3 is 9.52 Å². The number of phenolic OH excluding ortho intramolecular Hbond substituents is 1. The number of rotatable bonds is 1. The Labute approximate surface area is 185 Å². The zero-order valence-corrected chi connectivity index (χ0v) is 20.2. The molecule has 1 N–H and O–H groups in total. The summed E-state index contributed by atoms with van der Waals surface area (Å²) in [5.74, 6) is 0.816. The van der Waals surface area contributed by atoms with Gasteiger partial charge in [0.25, 0.3) is 0 Å². The Morgan fingerprint density at radius 1 is 0.742 bits per heavy atom. The van der Waals surface area contributed by atoms with Crippen molar-refractivity contribution in [2.24, 2.45) is 0 Å². The molecule has 0 saturated carbocycles. The minimum Gasteiger partial charge on any atom is -0.507 e. The number of aryl methyl sites for hydroxylation is 4. The fourth-order valence-electron chi connectivity index (χ4n) is 3.93. The lowest BCUT2D eigenvalue weighted by Crippen LogP contribution is -2.11. The molecule has 2 aromatic rings. The van der Waals surface area contributed by atoms with Gasteiger partial charge in [-0.2, -0.15) is 0 Å². The molecule has 2 aromatic carbocycles. The molecule has 2 aliphatic rings. The van der Waals surface area contributed by atoms with Crippen LogP contribution < -0.4 is 5.43 Å². The van der Waals surface area contributed by atoms with Gasteiger partial charge in [0.05, 0.1) is 0 Å². The average molecular weight is 419 g/mol. The Kier molecular flexibility index (Phi) is 7.67. The SMILES string of the molecule is CC.CC.Cc1ccccc1-c1c2cc(C)c(=O)c(C)c-2oc2c(C)c(O)c(C)cc12. The second-order valence-electron chi connectivity index (χ2n) is 7.36. The molecule has 3 nitrogen and oxygen atoms in total. The molecular formula is C28H34O3. The van der Waals surface area contributed by atoms with Crippen LogP contribution in [0, 0.1) is 34.6 Å². The van der Waals surface area contributed by atoms with E-state index in [1.54, 1.807) is 6.92 Å². The van der Waals surface area contributed by atoms with Gasteiger partial charge >= 0.3 is 0 Å². The van der Waals surface area contributed by atoms with E-state index in [1.807, 2.05) is 72.7 Å². The molecule has 164 valence electrons. The molecule has 0 aromatic heterocycles. The number of aromatic hydroxyl groups is 1. The summed E-state index contributed by atoms with van der Waals surface area (Å²) in [5, 5.41) is 11.4. The fourth-order valence-corrected chi connectivity index (χ4v) is 3.93. The lowest BCUT2D eigenvalue weighted by atomic mass is 9.87. The summed E-state index contributed by atoms with van der Waals surface area (Å²) in [4.78, 5) is 12.5. The fraction of sp³-hybridized carbons (Fsp3) is 0.321. The van der Waals surface area contributed by atoms with E-state index in [0.29, 0.717) is 28.0 Å². The first kappa shape index (κ1) is 24.2. The van der Waals surface area contributed by atoms with Crippen LogP contribution in [0.4, 0.5) is 0 Å². The normalized spacial score (nSPS) is 10.4. The Morgan fingerprint density at radius 2 is 1.35 bits per heavy atom. The van der Waals surface area contributed by atoms with Crippen molar-refractivity contribution in [1.82, 2.24) is 0 Å². The first-order valence-electron chi connectivity index (χ1n) is 11.1. The van der Waals surface area contributed by atoms with Crippen LogP contribution in [-0.4, -0.2) is 5.11 Å². The van der Waals surface area contributed by atoms with E-state index in [2.05, 4.69) is 19.1 Å². The third kappa shape index (κ3) is 4.10. The zero-order chi connectivity index (χ0) is 23.5. The second-order valence-corrected chi connectivity index (χ2v) is 7.36. The van der Waals surface area contributed by atoms with Gasteiger partial charge in [-0.15, -0.1) is 0 Å². The topological polar surface area (TPSA) is 50.4 Å². The van der Waals surface area contributed by atoms with Gasteiger partial charge in [-0.25, -0.2) is 0 Å². The maximum atomic E-state index is 12.5. The molecule has 1 aliphatic carbocycles. The molecule has 0 unspecified atom stereocenters. The van der Waals surface area contributed by atoms with Crippen molar-refractivity contribution in [3.8, 4) is 28.2 Å². The highest BCUT2D eigenvalue weighted by Gasteiger charge is 2.24. The number of benzene rings is 3. The number of hydrogen-bond acceptors (Lipinski definition) is 3. The monoisotopic (exact) mass is 418 g/mol. The molecule has 0 fully saturated rings. The molecule has 0 saturated heterocycles. The van der Waals surface area contributed by atoms with E-state index < -0.39 is 0 Å². The highest BCUT2D eigenvalue weighted by atomic mass is 16.3. The largest absolute Gasteiger partial charge is 0.507 e. The van der Waals surface area contributed by atoms with Crippen LogP contribution in [0.1, 0.15) is 55.5 Å². The van der Waals surface area contributed by atoms with Crippen LogP contribution >= 0.6 is 0 Å². The lowest BCUT2D eigenvalue weighted by molar-refractivity contribution is 0.465. The summed E-state index contributed by atoms with van der Waals surface area (Å²) >= 11 is 0. The molecule has 1 aliphatic heterocycles. The Morgan fingerprint density at radius 3 is 1.97 bits per heavy atom. The van der Waals surface area contributed by atoms with Crippen LogP contribution in [0.2, 0.25) is 0 Å². The van der Waals surface area contributed by atoms with Crippen molar-refractivity contribution in [2.45, 2.75) is 62.3 Å². The first-order valence-corrected chi connectivity index (χ1v) is 11.1. The molecule has 1 heterocycles. The Hall–Kier alpha value is -3.07. The van der Waals surface area contributed by atoms with Crippen molar-refractivity contribution in [2.75, 3.05) is 0 Å². The minimum absolute atomic E-state index is 0.00433. The maximum Gasteiger partial charge on any atom is 0.188 e. The molecule has 4 rings (SSSR count). The van der Waals surface area contributed by atoms with Crippen LogP contribution in [-0.2, 0) is 0 Å². The summed E-state index contributed by atoms with van der Waals surface area (Å²) in [7, 11) is 0. The van der Waals surface area contributed by atoms with E-state index in [-0.39, 0.29) is 11.2 Å². The van der Waals surface area contributed by atoms with Crippen LogP contribution in [0.15, 0.2) is 45.6 Å². The van der Waals surface area contributed by atoms with Crippen molar-refractivity contribution < 1.29 is 9.52 Å². The van der Waals surface area contributed by atoms with Gasteiger partial charge in [0.2, 0.25) is 0 Å². The van der Waals surface area contributed by atoms with Gasteiger partial charge in [-0.1, -0.05) is 52.0 Å². The maximum absolute atomic E-state index is 12.5. The van der Waals surface area contributed by atoms with Crippen molar-refractivity contribution in [1.29, 1.82) is 0 Å². The summed E-state index contributed by atoms with van der Waals surface area (Å²) in [6.07, 6.45) is 0. The third-order valence-electron chi connectivity index (χ3n) is 5.48. The van der Waals surface area contributed by atoms with Crippen LogP contribution in [0.5, 0.6) is 5.75 Å². The predicted octanol–water partition coefficient (Wildman–Crippen LogP) is 7.86. The van der Waals surface area contributed by atoms with E-state index in [1.165, 1.54) is 0 Å². The van der Waals surface area contributed by atoms with Gasteiger partial charge in [-0.05, 0) is 69.0 Å². The molecule has 0 bridgehead atoms. The molecule has 31 heavy (non-hydrogen) atoms. The van der Waals surface area contributed by atoms with Crippen LogP contribution in [0.3, 0.4) is 0 Å². The summed E-state index contributed by atoms with van der Waals surface area (Å²) in [6, 6.07) is 12.1. The van der Waals surface area contributed by atoms with E-state index >= 15 is 0 Å². The summed E-state index contributed by atoms with van der Waals surface area (Å²) < 4.78 is 6.22. The minimum atomic E-state index is -0.00433. The van der Waals surface area contributed by atoms with Crippen LogP contribution in [0.25, 0.3) is 33.4 Å². The quantitative estimate of drug-likeness (QED) is 0.320. The highest BCUT2D eigenvalue weighted by molar-refractivity contribution is 6.04.